The highest BCUT2D eigenvalue weighted by molar-refractivity contribution is 5.85. The van der Waals surface area contributed by atoms with E-state index in [1.165, 1.54) is 0 Å². The Hall–Kier alpha value is -0.810. The van der Waals surface area contributed by atoms with Gasteiger partial charge in [0.15, 0.2) is 0 Å². The Kier molecular flexibility index (Phi) is 7.08. The minimum Gasteiger partial charge on any atom is -0.409 e. The summed E-state index contributed by atoms with van der Waals surface area (Å²) in [7, 11) is 0. The monoisotopic (exact) mass is 231 g/mol. The number of amidine groups is 1. The van der Waals surface area contributed by atoms with Crippen molar-refractivity contribution in [1.82, 2.24) is 5.32 Å². The maximum absolute atomic E-state index is 9.04. The van der Waals surface area contributed by atoms with Crippen LogP contribution in [-0.2, 0) is 0 Å². The SMILES string of the molecule is CC(O)CCNCCCC(C)(C)C(N)=NO. The number of nitrogens with two attached hydrogens (primary N) is 1. The highest BCUT2D eigenvalue weighted by Crippen LogP contribution is 2.21. The first kappa shape index (κ1) is 15.2. The first-order chi connectivity index (χ1) is 7.40. The molecule has 0 spiro atoms. The number of nitrogens with one attached hydrogen (secondary N) is 1. The molecular weight excluding hydrogens is 206 g/mol. The van der Waals surface area contributed by atoms with Gasteiger partial charge in [-0.2, -0.15) is 0 Å². The molecule has 0 fully saturated rings. The van der Waals surface area contributed by atoms with Gasteiger partial charge in [-0.3, -0.25) is 0 Å². The third-order valence-corrected chi connectivity index (χ3v) is 2.70. The van der Waals surface area contributed by atoms with Crippen LogP contribution in [0.4, 0.5) is 0 Å². The molecule has 0 rings (SSSR count). The maximum Gasteiger partial charge on any atom is 0.144 e. The van der Waals surface area contributed by atoms with Gasteiger partial charge in [0.1, 0.15) is 5.84 Å². The molecule has 5 N–H and O–H groups in total. The molecular formula is C11H25N3O2. The van der Waals surface area contributed by atoms with E-state index >= 15 is 0 Å². The second-order valence-corrected chi connectivity index (χ2v) is 4.86. The number of aliphatic hydroxyl groups is 1. The van der Waals surface area contributed by atoms with Crippen molar-refractivity contribution < 1.29 is 10.3 Å². The van der Waals surface area contributed by atoms with Gasteiger partial charge in [0.2, 0.25) is 0 Å². The number of nitrogens with zero attached hydrogens (tertiary/aromatic N) is 1. The Morgan fingerprint density at radius 3 is 2.56 bits per heavy atom. The van der Waals surface area contributed by atoms with E-state index in [0.29, 0.717) is 0 Å². The highest BCUT2D eigenvalue weighted by Gasteiger charge is 2.22. The quantitative estimate of drug-likeness (QED) is 0.164. The summed E-state index contributed by atoms with van der Waals surface area (Å²) in [5.41, 5.74) is 5.31. The Bertz CT molecular complexity index is 215. The van der Waals surface area contributed by atoms with Crippen LogP contribution in [0.3, 0.4) is 0 Å². The molecule has 0 heterocycles. The molecule has 0 saturated carbocycles. The average Bonchev–Trinajstić information content (AvgIpc) is 2.21. The van der Waals surface area contributed by atoms with Crippen molar-refractivity contribution in [2.24, 2.45) is 16.3 Å². The summed E-state index contributed by atoms with van der Waals surface area (Å²) in [4.78, 5) is 0. The Morgan fingerprint density at radius 2 is 2.06 bits per heavy atom. The zero-order chi connectivity index (χ0) is 12.6. The Morgan fingerprint density at radius 1 is 1.44 bits per heavy atom. The second-order valence-electron chi connectivity index (χ2n) is 4.86. The van der Waals surface area contributed by atoms with Crippen LogP contribution in [0.5, 0.6) is 0 Å². The van der Waals surface area contributed by atoms with Crippen LogP contribution < -0.4 is 11.1 Å². The summed E-state index contributed by atoms with van der Waals surface area (Å²) in [6, 6.07) is 0. The van der Waals surface area contributed by atoms with Gasteiger partial charge in [-0.1, -0.05) is 19.0 Å². The van der Waals surface area contributed by atoms with E-state index in [9.17, 15) is 0 Å². The van der Waals surface area contributed by atoms with Gasteiger partial charge >= 0.3 is 0 Å². The van der Waals surface area contributed by atoms with Crippen molar-refractivity contribution in [3.8, 4) is 0 Å². The number of hydrogen-bond donors (Lipinski definition) is 4. The highest BCUT2D eigenvalue weighted by atomic mass is 16.4. The van der Waals surface area contributed by atoms with E-state index in [1.54, 1.807) is 6.92 Å². The molecule has 0 aromatic carbocycles. The van der Waals surface area contributed by atoms with Crippen molar-refractivity contribution in [1.29, 1.82) is 0 Å². The molecule has 0 aliphatic rings. The van der Waals surface area contributed by atoms with E-state index in [1.807, 2.05) is 13.8 Å². The molecule has 0 saturated heterocycles. The number of hydrogen-bond acceptors (Lipinski definition) is 4. The molecule has 0 aliphatic carbocycles. The molecule has 1 atom stereocenters. The van der Waals surface area contributed by atoms with Gasteiger partial charge in [-0.25, -0.2) is 0 Å². The predicted octanol–water partition coefficient (Wildman–Crippen LogP) is 0.900. The lowest BCUT2D eigenvalue weighted by atomic mass is 9.86. The molecule has 0 radical (unpaired) electrons. The lowest BCUT2D eigenvalue weighted by Gasteiger charge is -2.22. The average molecular weight is 231 g/mol. The fourth-order valence-corrected chi connectivity index (χ4v) is 1.35. The largest absolute Gasteiger partial charge is 0.409 e. The van der Waals surface area contributed by atoms with Crippen LogP contribution in [0, 0.1) is 5.41 Å². The minimum absolute atomic E-state index is 0.249. The summed E-state index contributed by atoms with van der Waals surface area (Å²) >= 11 is 0. The van der Waals surface area contributed by atoms with Crippen LogP contribution in [0.2, 0.25) is 0 Å². The summed E-state index contributed by atoms with van der Waals surface area (Å²) < 4.78 is 0. The number of aliphatic hydroxyl groups excluding tert-OH is 1. The normalized spacial score (nSPS) is 15.1. The van der Waals surface area contributed by atoms with Crippen LogP contribution in [-0.4, -0.2) is 35.3 Å². The molecule has 0 aromatic heterocycles. The smallest absolute Gasteiger partial charge is 0.144 e. The minimum atomic E-state index is -0.263. The van der Waals surface area contributed by atoms with Crippen LogP contribution in [0.15, 0.2) is 5.16 Å². The summed E-state index contributed by atoms with van der Waals surface area (Å²) in [5.74, 6) is 0.275. The fourth-order valence-electron chi connectivity index (χ4n) is 1.35. The predicted molar refractivity (Wildman–Crippen MR) is 65.6 cm³/mol. The van der Waals surface area contributed by atoms with E-state index in [0.717, 1.165) is 32.4 Å². The van der Waals surface area contributed by atoms with E-state index in [-0.39, 0.29) is 17.4 Å². The first-order valence-corrected chi connectivity index (χ1v) is 5.77. The zero-order valence-electron chi connectivity index (χ0n) is 10.5. The molecule has 0 aliphatic heterocycles. The lowest BCUT2D eigenvalue weighted by Crippen LogP contribution is -2.32. The zero-order valence-corrected chi connectivity index (χ0v) is 10.5. The van der Waals surface area contributed by atoms with Gasteiger partial charge in [-0.05, 0) is 39.3 Å². The molecule has 96 valence electrons. The maximum atomic E-state index is 9.04. The second kappa shape index (κ2) is 7.46. The Balaban J connectivity index is 3.59. The van der Waals surface area contributed by atoms with Crippen LogP contribution >= 0.6 is 0 Å². The number of rotatable bonds is 8. The summed E-state index contributed by atoms with van der Waals surface area (Å²) in [6.07, 6.45) is 2.35. The van der Waals surface area contributed by atoms with Crippen molar-refractivity contribution >= 4 is 5.84 Å². The van der Waals surface area contributed by atoms with Gasteiger partial charge in [-0.15, -0.1) is 0 Å². The van der Waals surface area contributed by atoms with Crippen molar-refractivity contribution in [3.63, 3.8) is 0 Å². The third kappa shape index (κ3) is 6.63. The standard InChI is InChI=1S/C11H25N3O2/c1-9(15)5-8-13-7-4-6-11(2,3)10(12)14-16/h9,13,15-16H,4-8H2,1-3H3,(H2,12,14). The topological polar surface area (TPSA) is 90.9 Å². The Labute approximate surface area is 97.7 Å². The van der Waals surface area contributed by atoms with Crippen molar-refractivity contribution in [2.45, 2.75) is 46.1 Å². The summed E-state index contributed by atoms with van der Waals surface area (Å²) in [6.45, 7) is 7.40. The molecule has 0 bridgehead atoms. The molecule has 5 nitrogen and oxygen atoms in total. The first-order valence-electron chi connectivity index (χ1n) is 5.77. The van der Waals surface area contributed by atoms with Gasteiger partial charge in [0, 0.05) is 5.41 Å². The fraction of sp³-hybridized carbons (Fsp3) is 0.909. The van der Waals surface area contributed by atoms with Gasteiger partial charge in [0.25, 0.3) is 0 Å². The molecule has 5 heteroatoms. The van der Waals surface area contributed by atoms with E-state index in [4.69, 9.17) is 16.0 Å². The van der Waals surface area contributed by atoms with Crippen molar-refractivity contribution in [2.75, 3.05) is 13.1 Å². The molecule has 16 heavy (non-hydrogen) atoms. The molecule has 1 unspecified atom stereocenters. The summed E-state index contributed by atoms with van der Waals surface area (Å²) in [5, 5.41) is 23.9. The molecule has 0 amide bonds. The van der Waals surface area contributed by atoms with Gasteiger partial charge < -0.3 is 21.4 Å². The van der Waals surface area contributed by atoms with Crippen LogP contribution in [0.1, 0.15) is 40.0 Å². The van der Waals surface area contributed by atoms with Crippen molar-refractivity contribution in [3.05, 3.63) is 0 Å². The third-order valence-electron chi connectivity index (χ3n) is 2.70. The van der Waals surface area contributed by atoms with Gasteiger partial charge in [0.05, 0.1) is 6.10 Å². The van der Waals surface area contributed by atoms with Crippen LogP contribution in [0.25, 0.3) is 0 Å². The van der Waals surface area contributed by atoms with E-state index in [2.05, 4.69) is 10.5 Å². The van der Waals surface area contributed by atoms with E-state index < -0.39 is 0 Å². The number of oxime groups is 1. The molecule has 0 aromatic rings. The lowest BCUT2D eigenvalue weighted by molar-refractivity contribution is 0.183.